The van der Waals surface area contributed by atoms with Gasteiger partial charge in [0.1, 0.15) is 0 Å². The molecule has 0 aromatic heterocycles. The van der Waals surface area contributed by atoms with Gasteiger partial charge in [0.2, 0.25) is 0 Å². The van der Waals surface area contributed by atoms with Crippen LogP contribution in [0.2, 0.25) is 0 Å². The summed E-state index contributed by atoms with van der Waals surface area (Å²) in [5.74, 6) is 1.84. The maximum atomic E-state index is 5.73. The zero-order valence-corrected chi connectivity index (χ0v) is 13.5. The minimum atomic E-state index is 0.593. The smallest absolute Gasteiger partial charge is 0.0314 e. The second kappa shape index (κ2) is 8.49. The Morgan fingerprint density at radius 1 is 1.16 bits per heavy atom. The Kier molecular flexibility index (Phi) is 7.32. The minimum absolute atomic E-state index is 0.593. The number of benzene rings is 1. The summed E-state index contributed by atoms with van der Waals surface area (Å²) in [7, 11) is 2.24. The van der Waals surface area contributed by atoms with Crippen LogP contribution in [0.4, 0.5) is 5.69 Å². The fourth-order valence-electron chi connectivity index (χ4n) is 2.12. The van der Waals surface area contributed by atoms with Crippen LogP contribution in [0.25, 0.3) is 0 Å². The monoisotopic (exact) mass is 280 g/mol. The highest BCUT2D eigenvalue weighted by molar-refractivity contribution is 7.98. The van der Waals surface area contributed by atoms with Crippen LogP contribution in [0.3, 0.4) is 0 Å². The third-order valence-electron chi connectivity index (χ3n) is 3.91. The highest BCUT2D eigenvalue weighted by Crippen LogP contribution is 2.21. The van der Waals surface area contributed by atoms with Crippen molar-refractivity contribution in [1.82, 2.24) is 4.90 Å². The average molecular weight is 280 g/mol. The number of anilines is 1. The van der Waals surface area contributed by atoms with Gasteiger partial charge in [0, 0.05) is 11.7 Å². The number of nitrogens with zero attached hydrogens (tertiary/aromatic N) is 1. The highest BCUT2D eigenvalue weighted by atomic mass is 32.2. The Balaban J connectivity index is 2.36. The molecule has 0 fully saturated rings. The topological polar surface area (TPSA) is 29.3 Å². The lowest BCUT2D eigenvalue weighted by atomic mass is 9.97. The lowest BCUT2D eigenvalue weighted by Crippen LogP contribution is -2.31. The Morgan fingerprint density at radius 2 is 1.79 bits per heavy atom. The van der Waals surface area contributed by atoms with Crippen LogP contribution in [0.5, 0.6) is 0 Å². The molecule has 1 rings (SSSR count). The van der Waals surface area contributed by atoms with Crippen molar-refractivity contribution in [3.63, 3.8) is 0 Å². The molecule has 0 spiro atoms. The lowest BCUT2D eigenvalue weighted by Gasteiger charge is -2.26. The van der Waals surface area contributed by atoms with E-state index in [-0.39, 0.29) is 0 Å². The van der Waals surface area contributed by atoms with Crippen molar-refractivity contribution in [3.05, 3.63) is 29.8 Å². The third-order valence-corrected chi connectivity index (χ3v) is 4.56. The number of nitrogens with two attached hydrogens (primary N) is 1. The quantitative estimate of drug-likeness (QED) is 0.734. The maximum Gasteiger partial charge on any atom is 0.0314 e. The zero-order valence-electron chi connectivity index (χ0n) is 12.7. The van der Waals surface area contributed by atoms with Crippen molar-refractivity contribution < 1.29 is 0 Å². The third kappa shape index (κ3) is 5.87. The van der Waals surface area contributed by atoms with E-state index < -0.39 is 0 Å². The molecule has 2 unspecified atom stereocenters. The van der Waals surface area contributed by atoms with E-state index in [4.69, 9.17) is 5.73 Å². The Morgan fingerprint density at radius 3 is 2.37 bits per heavy atom. The van der Waals surface area contributed by atoms with Gasteiger partial charge in [0.15, 0.2) is 0 Å². The molecule has 0 aliphatic heterocycles. The van der Waals surface area contributed by atoms with E-state index in [9.17, 15) is 0 Å². The Bertz CT molecular complexity index is 350. The van der Waals surface area contributed by atoms with Crippen LogP contribution in [0.15, 0.2) is 24.3 Å². The molecule has 19 heavy (non-hydrogen) atoms. The standard InChI is InChI=1S/C16H28N2S/c1-13(15-5-7-16(17)8-6-15)9-11-18(3)14(2)10-12-19-4/h5-8,13-14H,9-12,17H2,1-4H3. The highest BCUT2D eigenvalue weighted by Gasteiger charge is 2.11. The summed E-state index contributed by atoms with van der Waals surface area (Å²) in [6, 6.07) is 8.97. The molecule has 0 amide bonds. The van der Waals surface area contributed by atoms with E-state index in [1.807, 2.05) is 23.9 Å². The van der Waals surface area contributed by atoms with E-state index >= 15 is 0 Å². The molecule has 0 aliphatic rings. The predicted octanol–water partition coefficient (Wildman–Crippen LogP) is 3.84. The van der Waals surface area contributed by atoms with Crippen LogP contribution < -0.4 is 5.73 Å². The first-order valence-corrected chi connectivity index (χ1v) is 8.48. The van der Waals surface area contributed by atoms with E-state index in [0.717, 1.165) is 12.2 Å². The molecular weight excluding hydrogens is 252 g/mol. The summed E-state index contributed by atoms with van der Waals surface area (Å²) in [6.07, 6.45) is 4.65. The second-order valence-corrected chi connectivity index (χ2v) is 6.45. The van der Waals surface area contributed by atoms with Crippen molar-refractivity contribution in [3.8, 4) is 0 Å². The normalized spacial score (nSPS) is 14.6. The van der Waals surface area contributed by atoms with Crippen molar-refractivity contribution >= 4 is 17.4 Å². The Labute approximate surface area is 122 Å². The first-order valence-electron chi connectivity index (χ1n) is 7.09. The number of hydrogen-bond acceptors (Lipinski definition) is 3. The van der Waals surface area contributed by atoms with Crippen molar-refractivity contribution in [2.45, 2.75) is 38.6 Å². The Hall–Kier alpha value is -0.670. The zero-order chi connectivity index (χ0) is 14.3. The summed E-state index contributed by atoms with van der Waals surface area (Å²) >= 11 is 1.93. The van der Waals surface area contributed by atoms with Crippen LogP contribution in [0, 0.1) is 0 Å². The lowest BCUT2D eigenvalue weighted by molar-refractivity contribution is 0.245. The molecular formula is C16H28N2S. The fourth-order valence-corrected chi connectivity index (χ4v) is 2.69. The van der Waals surface area contributed by atoms with Crippen LogP contribution in [-0.2, 0) is 0 Å². The predicted molar refractivity (Wildman–Crippen MR) is 89.0 cm³/mol. The molecule has 2 nitrogen and oxygen atoms in total. The molecule has 2 N–H and O–H groups in total. The number of hydrogen-bond donors (Lipinski definition) is 1. The first kappa shape index (κ1) is 16.4. The van der Waals surface area contributed by atoms with Gasteiger partial charge in [-0.3, -0.25) is 0 Å². The summed E-state index contributed by atoms with van der Waals surface area (Å²) in [5.41, 5.74) is 7.96. The van der Waals surface area contributed by atoms with Gasteiger partial charge in [0.05, 0.1) is 0 Å². The molecule has 3 heteroatoms. The molecule has 0 radical (unpaired) electrons. The summed E-state index contributed by atoms with van der Waals surface area (Å²) in [4.78, 5) is 2.48. The van der Waals surface area contributed by atoms with Crippen molar-refractivity contribution in [2.75, 3.05) is 31.3 Å². The fraction of sp³-hybridized carbons (Fsp3) is 0.625. The van der Waals surface area contributed by atoms with E-state index in [1.165, 1.54) is 24.2 Å². The largest absolute Gasteiger partial charge is 0.399 e. The van der Waals surface area contributed by atoms with Gasteiger partial charge >= 0.3 is 0 Å². The molecule has 2 atom stereocenters. The molecule has 1 aromatic rings. The average Bonchev–Trinajstić information content (AvgIpc) is 2.42. The minimum Gasteiger partial charge on any atom is -0.399 e. The van der Waals surface area contributed by atoms with Crippen molar-refractivity contribution in [2.24, 2.45) is 0 Å². The molecule has 108 valence electrons. The summed E-state index contributed by atoms with van der Waals surface area (Å²) in [6.45, 7) is 5.77. The first-order chi connectivity index (χ1) is 9.04. The van der Waals surface area contributed by atoms with Crippen LogP contribution in [-0.4, -0.2) is 36.5 Å². The number of rotatable bonds is 8. The maximum absolute atomic E-state index is 5.73. The van der Waals surface area contributed by atoms with Gasteiger partial charge in [-0.2, -0.15) is 11.8 Å². The van der Waals surface area contributed by atoms with Gasteiger partial charge in [-0.25, -0.2) is 0 Å². The van der Waals surface area contributed by atoms with E-state index in [0.29, 0.717) is 12.0 Å². The second-order valence-electron chi connectivity index (χ2n) is 5.47. The van der Waals surface area contributed by atoms with Crippen molar-refractivity contribution in [1.29, 1.82) is 0 Å². The van der Waals surface area contributed by atoms with Gasteiger partial charge < -0.3 is 10.6 Å². The van der Waals surface area contributed by atoms with Crippen LogP contribution in [0.1, 0.15) is 38.2 Å². The van der Waals surface area contributed by atoms with Gasteiger partial charge in [-0.05, 0) is 69.0 Å². The molecule has 0 aliphatic carbocycles. The van der Waals surface area contributed by atoms with Gasteiger partial charge in [-0.15, -0.1) is 0 Å². The molecule has 0 saturated heterocycles. The molecule has 0 saturated carbocycles. The van der Waals surface area contributed by atoms with Gasteiger partial charge in [0.25, 0.3) is 0 Å². The number of thioether (sulfide) groups is 1. The molecule has 0 bridgehead atoms. The summed E-state index contributed by atoms with van der Waals surface area (Å²) in [5, 5.41) is 0. The van der Waals surface area contributed by atoms with E-state index in [1.54, 1.807) is 0 Å². The molecule has 1 aromatic carbocycles. The van der Waals surface area contributed by atoms with Crippen LogP contribution >= 0.6 is 11.8 Å². The summed E-state index contributed by atoms with van der Waals surface area (Å²) < 4.78 is 0. The number of nitrogen functional groups attached to an aromatic ring is 1. The molecule has 0 heterocycles. The SMILES string of the molecule is CSCCC(C)N(C)CCC(C)c1ccc(N)cc1. The van der Waals surface area contributed by atoms with E-state index in [2.05, 4.69) is 44.2 Å². The van der Waals surface area contributed by atoms with Gasteiger partial charge in [-0.1, -0.05) is 19.1 Å².